The fourth-order valence-electron chi connectivity index (χ4n) is 4.67. The third kappa shape index (κ3) is 6.85. The summed E-state index contributed by atoms with van der Waals surface area (Å²) in [6.45, 7) is 4.92. The maximum Gasteiger partial charge on any atom is 0.490 e. The van der Waals surface area contributed by atoms with Gasteiger partial charge in [0.25, 0.3) is 0 Å². The Morgan fingerprint density at radius 3 is 2.42 bits per heavy atom. The van der Waals surface area contributed by atoms with Crippen LogP contribution in [-0.2, 0) is 41.2 Å². The number of alkyl halides is 3. The summed E-state index contributed by atoms with van der Waals surface area (Å²) in [5.41, 5.74) is 5.59. The number of carboxylic acids is 1. The molecular weight excluding hydrogens is 501 g/mol. The van der Waals surface area contributed by atoms with Crippen LogP contribution in [0.1, 0.15) is 34.4 Å². The van der Waals surface area contributed by atoms with Crippen LogP contribution in [0.4, 0.5) is 19.1 Å². The van der Waals surface area contributed by atoms with Crippen LogP contribution in [0.3, 0.4) is 0 Å². The van der Waals surface area contributed by atoms with Crippen LogP contribution < -0.4 is 5.32 Å². The molecule has 3 heterocycles. The van der Waals surface area contributed by atoms with Gasteiger partial charge in [-0.25, -0.2) is 14.8 Å². The van der Waals surface area contributed by atoms with Crippen molar-refractivity contribution in [2.24, 2.45) is 0 Å². The molecule has 11 heteroatoms. The van der Waals surface area contributed by atoms with Crippen molar-refractivity contribution in [2.75, 3.05) is 25.0 Å². The molecule has 5 rings (SSSR count). The number of aliphatic hydroxyl groups is 1. The number of nitrogens with zero attached hydrogens (tertiary/aromatic N) is 3. The van der Waals surface area contributed by atoms with E-state index in [1.807, 2.05) is 36.5 Å². The van der Waals surface area contributed by atoms with Gasteiger partial charge < -0.3 is 20.3 Å². The molecule has 0 aliphatic carbocycles. The minimum atomic E-state index is -5.08. The van der Waals surface area contributed by atoms with Gasteiger partial charge in [-0.1, -0.05) is 54.6 Å². The van der Waals surface area contributed by atoms with Crippen molar-refractivity contribution >= 4 is 11.9 Å². The average molecular weight is 531 g/mol. The molecule has 1 fully saturated rings. The highest BCUT2D eigenvalue weighted by Crippen LogP contribution is 2.39. The molecular formula is C27H29F3N4O4. The van der Waals surface area contributed by atoms with Crippen molar-refractivity contribution in [1.82, 2.24) is 14.9 Å². The molecule has 0 radical (unpaired) electrons. The lowest BCUT2D eigenvalue weighted by atomic mass is 9.80. The van der Waals surface area contributed by atoms with E-state index in [4.69, 9.17) is 19.6 Å². The zero-order chi connectivity index (χ0) is 27.2. The van der Waals surface area contributed by atoms with Gasteiger partial charge in [-0.15, -0.1) is 0 Å². The van der Waals surface area contributed by atoms with Crippen molar-refractivity contribution < 1.29 is 32.9 Å². The smallest absolute Gasteiger partial charge is 0.475 e. The van der Waals surface area contributed by atoms with E-state index in [0.717, 1.165) is 42.9 Å². The Morgan fingerprint density at radius 2 is 1.76 bits per heavy atom. The number of nitrogens with one attached hydrogen (secondary N) is 1. The van der Waals surface area contributed by atoms with Crippen LogP contribution in [0.5, 0.6) is 0 Å². The molecule has 0 bridgehead atoms. The number of aliphatic carboxylic acids is 1. The Morgan fingerprint density at radius 1 is 1.08 bits per heavy atom. The zero-order valence-corrected chi connectivity index (χ0v) is 20.6. The highest BCUT2D eigenvalue weighted by atomic mass is 19.4. The summed E-state index contributed by atoms with van der Waals surface area (Å²) < 4.78 is 37.7. The molecule has 0 amide bonds. The topological polar surface area (TPSA) is 108 Å². The van der Waals surface area contributed by atoms with Crippen LogP contribution in [0.15, 0.2) is 60.8 Å². The fraction of sp³-hybridized carbons (Fsp3) is 0.370. The first-order chi connectivity index (χ1) is 18.2. The van der Waals surface area contributed by atoms with E-state index >= 15 is 0 Å². The van der Waals surface area contributed by atoms with Crippen molar-refractivity contribution in [1.29, 1.82) is 0 Å². The Balaban J connectivity index is 0.000000426. The van der Waals surface area contributed by atoms with Crippen molar-refractivity contribution in [3.8, 4) is 0 Å². The third-order valence-corrected chi connectivity index (χ3v) is 6.58. The van der Waals surface area contributed by atoms with Crippen LogP contribution in [-0.4, -0.2) is 56.9 Å². The van der Waals surface area contributed by atoms with Crippen LogP contribution in [0.2, 0.25) is 0 Å². The second kappa shape index (κ2) is 11.9. The molecule has 1 unspecified atom stereocenters. The molecule has 3 N–H and O–H groups in total. The number of hydrogen-bond acceptors (Lipinski definition) is 7. The monoisotopic (exact) mass is 530 g/mol. The Kier molecular flexibility index (Phi) is 8.60. The normalized spacial score (nSPS) is 18.9. The summed E-state index contributed by atoms with van der Waals surface area (Å²) >= 11 is 0. The second-order valence-corrected chi connectivity index (χ2v) is 9.42. The molecule has 2 aromatic carbocycles. The van der Waals surface area contributed by atoms with Gasteiger partial charge in [-0.3, -0.25) is 4.90 Å². The van der Waals surface area contributed by atoms with Gasteiger partial charge in [-0.05, 0) is 29.7 Å². The highest BCUT2D eigenvalue weighted by molar-refractivity contribution is 5.73. The van der Waals surface area contributed by atoms with E-state index in [2.05, 4.69) is 39.5 Å². The van der Waals surface area contributed by atoms with Gasteiger partial charge in [0.2, 0.25) is 5.95 Å². The van der Waals surface area contributed by atoms with E-state index in [1.54, 1.807) is 0 Å². The lowest BCUT2D eigenvalue weighted by molar-refractivity contribution is -0.192. The predicted molar refractivity (Wildman–Crippen MR) is 133 cm³/mol. The number of fused-ring (bicyclic) bond motifs is 2. The largest absolute Gasteiger partial charge is 0.490 e. The molecule has 0 saturated carbocycles. The average Bonchev–Trinajstić information content (AvgIpc) is 3.31. The molecule has 1 saturated heterocycles. The van der Waals surface area contributed by atoms with Gasteiger partial charge in [0, 0.05) is 31.4 Å². The van der Waals surface area contributed by atoms with Crippen molar-refractivity contribution in [3.63, 3.8) is 0 Å². The van der Waals surface area contributed by atoms with Gasteiger partial charge in [0.05, 0.1) is 30.9 Å². The maximum atomic E-state index is 10.6. The first-order valence-electron chi connectivity index (χ1n) is 12.1. The van der Waals surface area contributed by atoms with Crippen LogP contribution in [0, 0.1) is 0 Å². The quantitative estimate of drug-likeness (QED) is 0.441. The number of ether oxygens (including phenoxy) is 1. The van der Waals surface area contributed by atoms with E-state index in [0.29, 0.717) is 25.7 Å². The SMILES string of the molecule is O=C(O)C(F)(F)F.OCc1ccc(CN2CCC3(COCc4cnc(NCc5ccccc5)nc43)C2)cc1. The number of carbonyl (C=O) groups is 1. The van der Waals surface area contributed by atoms with Crippen LogP contribution >= 0.6 is 0 Å². The maximum absolute atomic E-state index is 10.6. The molecule has 2 aliphatic rings. The standard InChI is InChI=1S/C25H28N4O2.C2HF3O2/c30-15-21-8-6-20(7-9-21)14-29-11-10-25(17-29)18-31-16-22-13-27-24(28-23(22)25)26-12-19-4-2-1-3-5-19;3-2(4,5)1(6)7/h1-9,13,30H,10-12,14-18H2,(H,26,27,28);(H,6,7). The molecule has 38 heavy (non-hydrogen) atoms. The van der Waals surface area contributed by atoms with Crippen molar-refractivity contribution in [2.45, 2.75) is 44.3 Å². The molecule has 1 aromatic heterocycles. The number of benzene rings is 2. The number of aromatic nitrogens is 2. The van der Waals surface area contributed by atoms with Gasteiger partial charge in [0.15, 0.2) is 0 Å². The Bertz CT molecular complexity index is 1230. The lowest BCUT2D eigenvalue weighted by Crippen LogP contribution is -2.40. The summed E-state index contributed by atoms with van der Waals surface area (Å²) in [7, 11) is 0. The number of likely N-dealkylation sites (tertiary alicyclic amines) is 1. The third-order valence-electron chi connectivity index (χ3n) is 6.58. The van der Waals surface area contributed by atoms with Crippen LogP contribution in [0.25, 0.3) is 0 Å². The lowest BCUT2D eigenvalue weighted by Gasteiger charge is -2.34. The molecule has 8 nitrogen and oxygen atoms in total. The summed E-state index contributed by atoms with van der Waals surface area (Å²) in [4.78, 5) is 20.9. The minimum Gasteiger partial charge on any atom is -0.475 e. The molecule has 3 aromatic rings. The first-order valence-corrected chi connectivity index (χ1v) is 12.1. The number of aliphatic hydroxyl groups excluding tert-OH is 1. The minimum absolute atomic E-state index is 0.0786. The first kappa shape index (κ1) is 27.5. The predicted octanol–water partition coefficient (Wildman–Crippen LogP) is 3.89. The van der Waals surface area contributed by atoms with E-state index < -0.39 is 12.1 Å². The number of rotatable bonds is 6. The summed E-state index contributed by atoms with van der Waals surface area (Å²) in [5.74, 6) is -2.07. The van der Waals surface area contributed by atoms with Gasteiger partial charge in [-0.2, -0.15) is 13.2 Å². The van der Waals surface area contributed by atoms with Gasteiger partial charge in [0.1, 0.15) is 0 Å². The summed E-state index contributed by atoms with van der Waals surface area (Å²) in [6.07, 6.45) is -2.13. The molecule has 202 valence electrons. The van der Waals surface area contributed by atoms with Crippen molar-refractivity contribution in [3.05, 3.63) is 88.7 Å². The van der Waals surface area contributed by atoms with E-state index in [1.165, 1.54) is 11.1 Å². The molecule has 1 atom stereocenters. The number of hydrogen-bond donors (Lipinski definition) is 3. The Labute approximate surface area is 218 Å². The zero-order valence-electron chi connectivity index (χ0n) is 20.6. The number of carboxylic acid groups (broad SMARTS) is 1. The fourth-order valence-corrected chi connectivity index (χ4v) is 4.67. The van der Waals surface area contributed by atoms with Gasteiger partial charge >= 0.3 is 12.1 Å². The number of halogens is 3. The summed E-state index contributed by atoms with van der Waals surface area (Å²) in [5, 5.41) is 19.8. The summed E-state index contributed by atoms with van der Waals surface area (Å²) in [6, 6.07) is 18.5. The second-order valence-electron chi connectivity index (χ2n) is 9.42. The molecule has 1 spiro atoms. The van der Waals surface area contributed by atoms with E-state index in [-0.39, 0.29) is 12.0 Å². The Hall–Kier alpha value is -3.54. The molecule has 2 aliphatic heterocycles. The van der Waals surface area contributed by atoms with E-state index in [9.17, 15) is 18.3 Å². The highest BCUT2D eigenvalue weighted by Gasteiger charge is 2.45. The number of anilines is 1.